The molecule has 0 unspecified atom stereocenters. The lowest BCUT2D eigenvalue weighted by molar-refractivity contribution is -0.143. The predicted octanol–water partition coefficient (Wildman–Crippen LogP) is 1.29. The topological polar surface area (TPSA) is 78.2 Å². The molecule has 0 atom stereocenters. The molecule has 2 saturated heterocycles. The van der Waals surface area contributed by atoms with Crippen molar-refractivity contribution < 1.29 is 9.59 Å². The first-order valence-electron chi connectivity index (χ1n) is 10.7. The number of rotatable bonds is 4. The van der Waals surface area contributed by atoms with Crippen LogP contribution in [-0.4, -0.2) is 75.2 Å². The summed E-state index contributed by atoms with van der Waals surface area (Å²) in [4.78, 5) is 48.6. The second-order valence-electron chi connectivity index (χ2n) is 8.50. The molecule has 0 saturated carbocycles. The number of aromatic nitrogens is 2. The Morgan fingerprint density at radius 1 is 1.10 bits per heavy atom. The summed E-state index contributed by atoms with van der Waals surface area (Å²) in [6, 6.07) is 1.60. The molecular weight excluding hydrogens is 402 g/mol. The zero-order valence-corrected chi connectivity index (χ0v) is 18.4. The SMILES string of the molecule is CC(C)C(=O)N1CCC(C(=O)N2CCN(Cc3cc(=O)n4ccsc4n3)CC2)CC1. The zero-order chi connectivity index (χ0) is 21.3. The van der Waals surface area contributed by atoms with Gasteiger partial charge >= 0.3 is 0 Å². The summed E-state index contributed by atoms with van der Waals surface area (Å²) in [7, 11) is 0. The molecule has 162 valence electrons. The van der Waals surface area contributed by atoms with Crippen LogP contribution in [0.4, 0.5) is 0 Å². The van der Waals surface area contributed by atoms with Crippen molar-refractivity contribution in [3.8, 4) is 0 Å². The number of carbonyl (C=O) groups excluding carboxylic acids is 2. The Hall–Kier alpha value is -2.26. The Balaban J connectivity index is 1.27. The maximum atomic E-state index is 12.9. The second-order valence-corrected chi connectivity index (χ2v) is 9.37. The molecule has 30 heavy (non-hydrogen) atoms. The highest BCUT2D eigenvalue weighted by Crippen LogP contribution is 2.22. The van der Waals surface area contributed by atoms with Gasteiger partial charge in [0.2, 0.25) is 11.8 Å². The van der Waals surface area contributed by atoms with Crippen LogP contribution in [-0.2, 0) is 16.1 Å². The van der Waals surface area contributed by atoms with Crippen LogP contribution >= 0.6 is 11.3 Å². The van der Waals surface area contributed by atoms with Crippen molar-refractivity contribution in [2.45, 2.75) is 33.2 Å². The monoisotopic (exact) mass is 431 g/mol. The fourth-order valence-electron chi connectivity index (χ4n) is 4.29. The molecule has 2 fully saturated rings. The molecule has 4 rings (SSSR count). The van der Waals surface area contributed by atoms with Crippen molar-refractivity contribution >= 4 is 28.1 Å². The van der Waals surface area contributed by atoms with Crippen molar-refractivity contribution in [3.63, 3.8) is 0 Å². The smallest absolute Gasteiger partial charge is 0.258 e. The van der Waals surface area contributed by atoms with Gasteiger partial charge in [0.05, 0.1) is 5.69 Å². The molecule has 0 aliphatic carbocycles. The minimum Gasteiger partial charge on any atom is -0.342 e. The molecule has 2 aliphatic heterocycles. The molecule has 9 heteroatoms. The van der Waals surface area contributed by atoms with Gasteiger partial charge in [0, 0.05) is 75.3 Å². The number of piperazine rings is 1. The summed E-state index contributed by atoms with van der Waals surface area (Å²) in [6.07, 6.45) is 3.26. The van der Waals surface area contributed by atoms with E-state index in [1.807, 2.05) is 29.0 Å². The molecule has 2 aliphatic rings. The zero-order valence-electron chi connectivity index (χ0n) is 17.6. The molecule has 0 aromatic carbocycles. The maximum Gasteiger partial charge on any atom is 0.258 e. The number of nitrogens with zero attached hydrogens (tertiary/aromatic N) is 5. The fraction of sp³-hybridized carbons (Fsp3) is 0.619. The van der Waals surface area contributed by atoms with Crippen molar-refractivity contribution in [2.24, 2.45) is 11.8 Å². The summed E-state index contributed by atoms with van der Waals surface area (Å²) in [5.41, 5.74) is 0.733. The first-order valence-corrected chi connectivity index (χ1v) is 11.6. The number of amides is 2. The van der Waals surface area contributed by atoms with Crippen LogP contribution in [0.5, 0.6) is 0 Å². The van der Waals surface area contributed by atoms with E-state index in [4.69, 9.17) is 0 Å². The van der Waals surface area contributed by atoms with Gasteiger partial charge in [-0.25, -0.2) is 4.98 Å². The van der Waals surface area contributed by atoms with Crippen LogP contribution in [0.15, 0.2) is 22.4 Å². The van der Waals surface area contributed by atoms with E-state index >= 15 is 0 Å². The number of hydrogen-bond donors (Lipinski definition) is 0. The third-order valence-corrected chi connectivity index (χ3v) is 6.83. The minimum atomic E-state index is -0.0487. The number of fused-ring (bicyclic) bond motifs is 1. The van der Waals surface area contributed by atoms with Crippen LogP contribution in [0.1, 0.15) is 32.4 Å². The lowest BCUT2D eigenvalue weighted by Gasteiger charge is -2.38. The minimum absolute atomic E-state index is 0.0108. The average Bonchev–Trinajstić information content (AvgIpc) is 3.22. The highest BCUT2D eigenvalue weighted by atomic mass is 32.1. The summed E-state index contributed by atoms with van der Waals surface area (Å²) in [5.74, 6) is 0.443. The maximum absolute atomic E-state index is 12.9. The van der Waals surface area contributed by atoms with Gasteiger partial charge in [-0.2, -0.15) is 0 Å². The van der Waals surface area contributed by atoms with E-state index in [9.17, 15) is 14.4 Å². The number of carbonyl (C=O) groups is 2. The van der Waals surface area contributed by atoms with Crippen molar-refractivity contribution in [1.82, 2.24) is 24.1 Å². The van der Waals surface area contributed by atoms with Gasteiger partial charge in [-0.15, -0.1) is 11.3 Å². The van der Waals surface area contributed by atoms with E-state index < -0.39 is 0 Å². The molecule has 0 spiro atoms. The standard InChI is InChI=1S/C21H29N5O3S/c1-15(2)19(28)24-5-3-16(4-6-24)20(29)25-9-7-23(8-10-25)14-17-13-18(27)26-11-12-30-21(26)22-17/h11-13,15-16H,3-10,14H2,1-2H3. The van der Waals surface area contributed by atoms with Gasteiger partial charge in [-0.1, -0.05) is 13.8 Å². The molecule has 2 amide bonds. The molecule has 0 N–H and O–H groups in total. The van der Waals surface area contributed by atoms with Gasteiger partial charge in [0.1, 0.15) is 0 Å². The van der Waals surface area contributed by atoms with Gasteiger partial charge in [0.25, 0.3) is 5.56 Å². The van der Waals surface area contributed by atoms with Gasteiger partial charge in [-0.05, 0) is 12.8 Å². The number of thiazole rings is 1. The molecule has 0 bridgehead atoms. The van der Waals surface area contributed by atoms with E-state index in [-0.39, 0.29) is 29.2 Å². The largest absolute Gasteiger partial charge is 0.342 e. The third kappa shape index (κ3) is 4.41. The lowest BCUT2D eigenvalue weighted by atomic mass is 9.94. The van der Waals surface area contributed by atoms with Gasteiger partial charge in [-0.3, -0.25) is 23.7 Å². The van der Waals surface area contributed by atoms with Crippen LogP contribution in [0.2, 0.25) is 0 Å². The number of likely N-dealkylation sites (tertiary alicyclic amines) is 1. The summed E-state index contributed by atoms with van der Waals surface area (Å²) >= 11 is 1.46. The van der Waals surface area contributed by atoms with Crippen LogP contribution in [0, 0.1) is 11.8 Å². The summed E-state index contributed by atoms with van der Waals surface area (Å²) < 4.78 is 1.56. The van der Waals surface area contributed by atoms with Crippen LogP contribution in [0.25, 0.3) is 4.96 Å². The summed E-state index contributed by atoms with van der Waals surface area (Å²) in [5, 5.41) is 1.86. The molecule has 4 heterocycles. The number of piperidine rings is 1. The molecule has 0 radical (unpaired) electrons. The second kappa shape index (κ2) is 8.85. The van der Waals surface area contributed by atoms with Gasteiger partial charge in [0.15, 0.2) is 4.96 Å². The van der Waals surface area contributed by atoms with E-state index in [1.165, 1.54) is 11.3 Å². The highest BCUT2D eigenvalue weighted by Gasteiger charge is 2.32. The third-order valence-electron chi connectivity index (χ3n) is 6.08. The number of hydrogen-bond acceptors (Lipinski definition) is 6. The molecule has 2 aromatic rings. The average molecular weight is 432 g/mol. The first kappa shape index (κ1) is 21.0. The quantitative estimate of drug-likeness (QED) is 0.729. The Kier molecular flexibility index (Phi) is 6.19. The van der Waals surface area contributed by atoms with E-state index in [1.54, 1.807) is 16.7 Å². The van der Waals surface area contributed by atoms with E-state index in [2.05, 4.69) is 9.88 Å². The Morgan fingerprint density at radius 2 is 1.80 bits per heavy atom. The normalized spacial score (nSPS) is 19.0. The molecular formula is C21H29N5O3S. The van der Waals surface area contributed by atoms with E-state index in [0.29, 0.717) is 37.7 Å². The van der Waals surface area contributed by atoms with Gasteiger partial charge < -0.3 is 9.80 Å². The summed E-state index contributed by atoms with van der Waals surface area (Å²) in [6.45, 7) is 8.78. The lowest BCUT2D eigenvalue weighted by Crippen LogP contribution is -2.51. The highest BCUT2D eigenvalue weighted by molar-refractivity contribution is 7.15. The molecule has 8 nitrogen and oxygen atoms in total. The fourth-order valence-corrected chi connectivity index (χ4v) is 5.03. The molecule has 2 aromatic heterocycles. The Bertz CT molecular complexity index is 968. The van der Waals surface area contributed by atoms with E-state index in [0.717, 1.165) is 31.6 Å². The predicted molar refractivity (Wildman–Crippen MR) is 115 cm³/mol. The van der Waals surface area contributed by atoms with Crippen molar-refractivity contribution in [2.75, 3.05) is 39.3 Å². The first-order chi connectivity index (χ1) is 14.4. The van der Waals surface area contributed by atoms with Crippen LogP contribution in [0.3, 0.4) is 0 Å². The van der Waals surface area contributed by atoms with Crippen LogP contribution < -0.4 is 5.56 Å². The van der Waals surface area contributed by atoms with Crippen molar-refractivity contribution in [3.05, 3.63) is 33.7 Å². The Morgan fingerprint density at radius 3 is 2.47 bits per heavy atom. The van der Waals surface area contributed by atoms with Crippen molar-refractivity contribution in [1.29, 1.82) is 0 Å². The Labute approximate surface area is 180 Å².